The average molecular weight is 415 g/mol. The maximum Gasteiger partial charge on any atom is 0.243 e. The van der Waals surface area contributed by atoms with Crippen molar-refractivity contribution < 1.29 is 8.42 Å². The summed E-state index contributed by atoms with van der Waals surface area (Å²) in [4.78, 5) is -0.0366. The summed E-state index contributed by atoms with van der Waals surface area (Å²) in [6.45, 7) is 2.09. The standard InChI is InChI=1S/C14H18BrCl2NO2S/c1-9-5-3-2-4-6-13(9)18-21(19,20)14-11(16)7-10(15)8-12(14)17/h7-9,13,18H,2-6H2,1H3. The van der Waals surface area contributed by atoms with Crippen LogP contribution in [0.2, 0.25) is 10.0 Å². The van der Waals surface area contributed by atoms with E-state index in [1.807, 2.05) is 0 Å². The van der Waals surface area contributed by atoms with Crippen molar-refractivity contribution in [3.05, 3.63) is 26.7 Å². The Balaban J connectivity index is 2.30. The van der Waals surface area contributed by atoms with Crippen molar-refractivity contribution in [2.75, 3.05) is 0 Å². The van der Waals surface area contributed by atoms with Crippen LogP contribution in [0.15, 0.2) is 21.5 Å². The highest BCUT2D eigenvalue weighted by atomic mass is 79.9. The molecule has 0 saturated heterocycles. The zero-order chi connectivity index (χ0) is 15.6. The molecule has 1 aromatic carbocycles. The first-order valence-corrected chi connectivity index (χ1v) is 10.0. The lowest BCUT2D eigenvalue weighted by Crippen LogP contribution is -2.39. The Morgan fingerprint density at radius 3 is 2.33 bits per heavy atom. The van der Waals surface area contributed by atoms with Gasteiger partial charge in [-0.25, -0.2) is 13.1 Å². The van der Waals surface area contributed by atoms with Gasteiger partial charge in [0.15, 0.2) is 0 Å². The van der Waals surface area contributed by atoms with E-state index in [0.717, 1.165) is 32.1 Å². The molecule has 0 aliphatic heterocycles. The third-order valence-electron chi connectivity index (χ3n) is 3.90. The fourth-order valence-corrected chi connectivity index (χ4v) is 6.03. The number of rotatable bonds is 3. The molecule has 1 aliphatic rings. The Labute approximate surface area is 144 Å². The van der Waals surface area contributed by atoms with Crippen molar-refractivity contribution in [2.24, 2.45) is 5.92 Å². The molecule has 1 saturated carbocycles. The molecule has 118 valence electrons. The van der Waals surface area contributed by atoms with E-state index in [0.29, 0.717) is 10.4 Å². The molecule has 1 aromatic rings. The summed E-state index contributed by atoms with van der Waals surface area (Å²) >= 11 is 15.4. The maximum absolute atomic E-state index is 12.6. The molecule has 21 heavy (non-hydrogen) atoms. The molecule has 1 aliphatic carbocycles. The fourth-order valence-electron chi connectivity index (χ4n) is 2.71. The van der Waals surface area contributed by atoms with E-state index >= 15 is 0 Å². The third kappa shape index (κ3) is 4.35. The van der Waals surface area contributed by atoms with Gasteiger partial charge >= 0.3 is 0 Å². The summed E-state index contributed by atoms with van der Waals surface area (Å²) in [5.41, 5.74) is 0. The summed E-state index contributed by atoms with van der Waals surface area (Å²) in [6.07, 6.45) is 5.24. The molecular formula is C14H18BrCl2NO2S. The van der Waals surface area contributed by atoms with Crippen LogP contribution in [0, 0.1) is 5.92 Å². The summed E-state index contributed by atoms with van der Waals surface area (Å²) < 4.78 is 28.7. The van der Waals surface area contributed by atoms with Crippen molar-refractivity contribution in [2.45, 2.75) is 50.0 Å². The van der Waals surface area contributed by atoms with Crippen LogP contribution in [0.1, 0.15) is 39.0 Å². The number of benzene rings is 1. The van der Waals surface area contributed by atoms with Gasteiger partial charge in [0, 0.05) is 10.5 Å². The monoisotopic (exact) mass is 413 g/mol. The summed E-state index contributed by atoms with van der Waals surface area (Å²) in [7, 11) is -3.72. The lowest BCUT2D eigenvalue weighted by molar-refractivity contribution is 0.399. The van der Waals surface area contributed by atoms with Gasteiger partial charge in [-0.2, -0.15) is 0 Å². The Kier molecular flexibility index (Phi) is 5.99. The zero-order valence-corrected chi connectivity index (χ0v) is 15.6. The molecule has 0 aromatic heterocycles. The Morgan fingerprint density at radius 1 is 1.14 bits per heavy atom. The Hall–Kier alpha value is 0.190. The highest BCUT2D eigenvalue weighted by molar-refractivity contribution is 9.10. The first kappa shape index (κ1) is 17.5. The smallest absolute Gasteiger partial charge is 0.208 e. The van der Waals surface area contributed by atoms with E-state index in [-0.39, 0.29) is 21.0 Å². The van der Waals surface area contributed by atoms with Gasteiger partial charge in [-0.15, -0.1) is 0 Å². The average Bonchev–Trinajstić information content (AvgIpc) is 2.52. The van der Waals surface area contributed by atoms with Gasteiger partial charge < -0.3 is 0 Å². The van der Waals surface area contributed by atoms with Crippen molar-refractivity contribution in [3.8, 4) is 0 Å². The van der Waals surface area contributed by atoms with Gasteiger partial charge in [0.05, 0.1) is 10.0 Å². The first-order valence-electron chi connectivity index (χ1n) is 6.98. The second-order valence-corrected chi connectivity index (χ2v) is 8.92. The van der Waals surface area contributed by atoms with Gasteiger partial charge in [-0.1, -0.05) is 65.3 Å². The minimum absolute atomic E-state index is 0.0366. The van der Waals surface area contributed by atoms with Gasteiger partial charge in [-0.05, 0) is 30.9 Å². The molecule has 1 fully saturated rings. The summed E-state index contributed by atoms with van der Waals surface area (Å²) in [5.74, 6) is 0.315. The van der Waals surface area contributed by atoms with E-state index in [2.05, 4.69) is 27.6 Å². The highest BCUT2D eigenvalue weighted by Gasteiger charge is 2.29. The number of hydrogen-bond donors (Lipinski definition) is 1. The minimum atomic E-state index is -3.72. The SMILES string of the molecule is CC1CCCCCC1NS(=O)(=O)c1c(Cl)cc(Br)cc1Cl. The molecule has 2 unspecified atom stereocenters. The molecule has 0 spiro atoms. The Morgan fingerprint density at radius 2 is 1.71 bits per heavy atom. The van der Waals surface area contributed by atoms with Crippen LogP contribution in [-0.4, -0.2) is 14.5 Å². The number of hydrogen-bond acceptors (Lipinski definition) is 2. The number of sulfonamides is 1. The predicted octanol–water partition coefficient (Wildman–Crippen LogP) is 5.00. The van der Waals surface area contributed by atoms with Gasteiger partial charge in [0.2, 0.25) is 10.0 Å². The molecular weight excluding hydrogens is 397 g/mol. The van der Waals surface area contributed by atoms with Crippen molar-refractivity contribution in [1.82, 2.24) is 4.72 Å². The quantitative estimate of drug-likeness (QED) is 0.707. The van der Waals surface area contributed by atoms with Crippen LogP contribution < -0.4 is 4.72 Å². The topological polar surface area (TPSA) is 46.2 Å². The van der Waals surface area contributed by atoms with Crippen molar-refractivity contribution >= 4 is 49.2 Å². The van der Waals surface area contributed by atoms with Crippen molar-refractivity contribution in [3.63, 3.8) is 0 Å². The normalized spacial score (nSPS) is 23.8. The first-order chi connectivity index (χ1) is 9.81. The molecule has 2 atom stereocenters. The van der Waals surface area contributed by atoms with Crippen LogP contribution >= 0.6 is 39.1 Å². The number of halogens is 3. The van der Waals surface area contributed by atoms with Gasteiger partial charge in [-0.3, -0.25) is 0 Å². The van der Waals surface area contributed by atoms with E-state index in [1.165, 1.54) is 0 Å². The van der Waals surface area contributed by atoms with Gasteiger partial charge in [0.1, 0.15) is 4.90 Å². The second kappa shape index (κ2) is 7.18. The van der Waals surface area contributed by atoms with E-state index in [9.17, 15) is 8.42 Å². The molecule has 0 heterocycles. The minimum Gasteiger partial charge on any atom is -0.208 e. The third-order valence-corrected chi connectivity index (χ3v) is 6.77. The highest BCUT2D eigenvalue weighted by Crippen LogP contribution is 2.34. The van der Waals surface area contributed by atoms with E-state index in [1.54, 1.807) is 12.1 Å². The Bertz CT molecular complexity index is 598. The van der Waals surface area contributed by atoms with E-state index < -0.39 is 10.0 Å². The predicted molar refractivity (Wildman–Crippen MR) is 90.5 cm³/mol. The second-order valence-electron chi connectivity index (χ2n) is 5.54. The van der Waals surface area contributed by atoms with Crippen molar-refractivity contribution in [1.29, 1.82) is 0 Å². The molecule has 0 amide bonds. The maximum atomic E-state index is 12.6. The van der Waals surface area contributed by atoms with Crippen LogP contribution in [0.3, 0.4) is 0 Å². The van der Waals surface area contributed by atoms with Gasteiger partial charge in [0.25, 0.3) is 0 Å². The van der Waals surface area contributed by atoms with E-state index in [4.69, 9.17) is 23.2 Å². The summed E-state index contributed by atoms with van der Waals surface area (Å²) in [5, 5.41) is 0.256. The molecule has 2 rings (SSSR count). The van der Waals surface area contributed by atoms with Crippen LogP contribution in [0.25, 0.3) is 0 Å². The fraction of sp³-hybridized carbons (Fsp3) is 0.571. The number of nitrogens with one attached hydrogen (secondary N) is 1. The largest absolute Gasteiger partial charge is 0.243 e. The molecule has 1 N–H and O–H groups in total. The summed E-state index contributed by atoms with van der Waals surface area (Å²) in [6, 6.07) is 3.02. The van der Waals surface area contributed by atoms with Crippen LogP contribution in [0.4, 0.5) is 0 Å². The lowest BCUT2D eigenvalue weighted by Gasteiger charge is -2.23. The molecule has 3 nitrogen and oxygen atoms in total. The molecule has 0 bridgehead atoms. The van der Waals surface area contributed by atoms with Crippen LogP contribution in [0.5, 0.6) is 0 Å². The van der Waals surface area contributed by atoms with Crippen LogP contribution in [-0.2, 0) is 10.0 Å². The lowest BCUT2D eigenvalue weighted by atomic mass is 9.98. The zero-order valence-electron chi connectivity index (χ0n) is 11.7. The molecule has 7 heteroatoms. The molecule has 0 radical (unpaired) electrons.